The van der Waals surface area contributed by atoms with E-state index in [1.165, 1.54) is 148 Å². The van der Waals surface area contributed by atoms with Gasteiger partial charge in [0.15, 0.2) is 0 Å². The molecule has 0 aliphatic rings. The SMILES string of the molecule is CC/C=C\C/C=C\C/C=C\C/C=C\CCCCCCCCCCCCC(=O)NC(COP(=O)([O-])OCC[N+](C)(C)C)C(O)/C=C/CC/C=C/CC/C=C/CCCCCCCCCCCCCCCCC. The molecule has 3 atom stereocenters. The third-order valence-electron chi connectivity index (χ3n) is 12.6. The first kappa shape index (κ1) is 67.7. The van der Waals surface area contributed by atoms with Gasteiger partial charge in [0, 0.05) is 6.42 Å². The first-order valence-corrected chi connectivity index (χ1v) is 30.4. The highest BCUT2D eigenvalue weighted by Crippen LogP contribution is 2.38. The van der Waals surface area contributed by atoms with E-state index in [1.54, 1.807) is 6.08 Å². The summed E-state index contributed by atoms with van der Waals surface area (Å²) in [6, 6.07) is -0.918. The van der Waals surface area contributed by atoms with Gasteiger partial charge in [-0.15, -0.1) is 0 Å². The van der Waals surface area contributed by atoms with Crippen molar-refractivity contribution >= 4 is 13.7 Å². The highest BCUT2D eigenvalue weighted by Gasteiger charge is 2.23. The van der Waals surface area contributed by atoms with Crippen LogP contribution < -0.4 is 10.2 Å². The minimum absolute atomic E-state index is 0.0135. The number of allylic oxidation sites excluding steroid dienone is 13. The maximum absolute atomic E-state index is 13.0. The summed E-state index contributed by atoms with van der Waals surface area (Å²) in [6.45, 7) is 4.51. The van der Waals surface area contributed by atoms with E-state index in [4.69, 9.17) is 9.05 Å². The van der Waals surface area contributed by atoms with Gasteiger partial charge in [0.1, 0.15) is 13.2 Å². The lowest BCUT2D eigenvalue weighted by atomic mass is 10.0. The molecule has 0 spiro atoms. The molecule has 0 fully saturated rings. The molecule has 0 bridgehead atoms. The quantitative estimate of drug-likeness (QED) is 0.0272. The van der Waals surface area contributed by atoms with Crippen molar-refractivity contribution in [3.8, 4) is 0 Å². The molecule has 0 heterocycles. The van der Waals surface area contributed by atoms with Crippen molar-refractivity contribution in [3.05, 3.63) is 85.1 Å². The third kappa shape index (κ3) is 53.5. The van der Waals surface area contributed by atoms with Crippen LogP contribution in [-0.4, -0.2) is 68.5 Å². The zero-order chi connectivity index (χ0) is 51.3. The largest absolute Gasteiger partial charge is 0.756 e. The average Bonchev–Trinajstić information content (AvgIpc) is 3.32. The summed E-state index contributed by atoms with van der Waals surface area (Å²) in [4.78, 5) is 25.5. The average molecular weight is 1000 g/mol. The summed E-state index contributed by atoms with van der Waals surface area (Å²) in [5, 5.41) is 13.9. The number of hydrogen-bond donors (Lipinski definition) is 2. The van der Waals surface area contributed by atoms with E-state index < -0.39 is 26.6 Å². The number of carbonyl (C=O) groups excluding carboxylic acids is 1. The maximum atomic E-state index is 13.0. The summed E-state index contributed by atoms with van der Waals surface area (Å²) in [5.74, 6) is -0.218. The third-order valence-corrected chi connectivity index (χ3v) is 13.5. The summed E-state index contributed by atoms with van der Waals surface area (Å²) in [7, 11) is 1.22. The Labute approximate surface area is 433 Å². The Balaban J connectivity index is 4.31. The Kier molecular flexibility index (Phi) is 49.9. The number of nitrogens with one attached hydrogen (secondary N) is 1. The Morgan fingerprint density at radius 3 is 1.33 bits per heavy atom. The lowest BCUT2D eigenvalue weighted by Gasteiger charge is -2.29. The molecule has 0 aliphatic heterocycles. The van der Waals surface area contributed by atoms with Gasteiger partial charge in [-0.3, -0.25) is 9.36 Å². The van der Waals surface area contributed by atoms with Gasteiger partial charge < -0.3 is 28.8 Å². The Bertz CT molecular complexity index is 1410. The smallest absolute Gasteiger partial charge is 0.268 e. The van der Waals surface area contributed by atoms with Crippen LogP contribution in [0.3, 0.4) is 0 Å². The predicted octanol–water partition coefficient (Wildman–Crippen LogP) is 17.0. The number of phosphoric ester groups is 1. The van der Waals surface area contributed by atoms with Crippen LogP contribution in [0.15, 0.2) is 85.1 Å². The predicted molar refractivity (Wildman–Crippen MR) is 302 cm³/mol. The van der Waals surface area contributed by atoms with Gasteiger partial charge in [-0.25, -0.2) is 0 Å². The van der Waals surface area contributed by atoms with Gasteiger partial charge >= 0.3 is 0 Å². The molecule has 0 aromatic carbocycles. The molecule has 0 radical (unpaired) electrons. The van der Waals surface area contributed by atoms with Crippen molar-refractivity contribution in [1.29, 1.82) is 0 Å². The monoisotopic (exact) mass is 999 g/mol. The summed E-state index contributed by atoms with van der Waals surface area (Å²) >= 11 is 0. The summed E-state index contributed by atoms with van der Waals surface area (Å²) in [5.41, 5.74) is 0. The fourth-order valence-corrected chi connectivity index (χ4v) is 8.78. The number of hydrogen-bond acceptors (Lipinski definition) is 6. The van der Waals surface area contributed by atoms with E-state index in [2.05, 4.69) is 92.1 Å². The van der Waals surface area contributed by atoms with Crippen LogP contribution in [0.25, 0.3) is 0 Å². The van der Waals surface area contributed by atoms with E-state index >= 15 is 0 Å². The van der Waals surface area contributed by atoms with Gasteiger partial charge in [-0.2, -0.15) is 0 Å². The first-order chi connectivity index (χ1) is 34.0. The normalized spacial score (nSPS) is 14.6. The number of amides is 1. The molecule has 1 amide bonds. The molecule has 70 heavy (non-hydrogen) atoms. The van der Waals surface area contributed by atoms with Crippen LogP contribution in [0.2, 0.25) is 0 Å². The molecule has 0 saturated heterocycles. The van der Waals surface area contributed by atoms with Crippen molar-refractivity contribution in [2.75, 3.05) is 40.9 Å². The zero-order valence-corrected chi connectivity index (χ0v) is 47.1. The molecule has 0 saturated carbocycles. The number of phosphoric acid groups is 1. The minimum Gasteiger partial charge on any atom is -0.756 e. The number of quaternary nitrogens is 1. The van der Waals surface area contributed by atoms with Crippen molar-refractivity contribution in [3.63, 3.8) is 0 Å². The highest BCUT2D eigenvalue weighted by molar-refractivity contribution is 7.45. The van der Waals surface area contributed by atoms with E-state index in [0.717, 1.165) is 77.0 Å². The number of carbonyl (C=O) groups is 1. The van der Waals surface area contributed by atoms with Gasteiger partial charge in [-0.1, -0.05) is 240 Å². The molecule has 406 valence electrons. The minimum atomic E-state index is -4.62. The maximum Gasteiger partial charge on any atom is 0.268 e. The van der Waals surface area contributed by atoms with Crippen LogP contribution in [0.1, 0.15) is 245 Å². The summed E-state index contributed by atoms with van der Waals surface area (Å²) < 4.78 is 23.3. The molecule has 0 aliphatic carbocycles. The molecule has 0 aromatic rings. The Morgan fingerprint density at radius 1 is 0.514 bits per heavy atom. The van der Waals surface area contributed by atoms with Crippen LogP contribution in [0.4, 0.5) is 0 Å². The van der Waals surface area contributed by atoms with Crippen LogP contribution in [-0.2, 0) is 18.4 Å². The molecule has 0 rings (SSSR count). The standard InChI is InChI=1S/C61H111N2O6P/c1-6-8-10-12-14-16-18-20-22-24-26-28-30-31-33-34-36-38-40-42-44-46-48-50-52-54-60(64)59(58-69-70(66,67)68-57-56-63(3,4)5)62-61(65)55-53-51-49-47-45-43-41-39-37-35-32-29-27-25-23-21-19-17-15-13-11-9-7-2/h9,11,15,17,21,23,27,29,36,38,44,46,52,54,59-60,64H,6-8,10,12-14,16,18-20,22,24-26,28,30-35,37,39-43,45,47-51,53,55-58H2,1-5H3,(H-,62,65,66,67)/b11-9-,17-15-,23-21-,29-27-,38-36+,46-44+,54-52+. The van der Waals surface area contributed by atoms with E-state index in [9.17, 15) is 19.4 Å². The van der Waals surface area contributed by atoms with Gasteiger partial charge in [-0.05, 0) is 83.5 Å². The zero-order valence-electron chi connectivity index (χ0n) is 46.2. The van der Waals surface area contributed by atoms with Crippen LogP contribution >= 0.6 is 7.82 Å². The Morgan fingerprint density at radius 2 is 0.886 bits per heavy atom. The highest BCUT2D eigenvalue weighted by atomic mass is 31.2. The second kappa shape index (κ2) is 51.6. The number of aliphatic hydroxyl groups is 1. The molecule has 9 heteroatoms. The fraction of sp³-hybridized carbons (Fsp3) is 0.754. The topological polar surface area (TPSA) is 108 Å². The molecule has 8 nitrogen and oxygen atoms in total. The van der Waals surface area contributed by atoms with E-state index in [1.807, 2.05) is 27.2 Å². The van der Waals surface area contributed by atoms with Gasteiger partial charge in [0.25, 0.3) is 7.82 Å². The molecule has 0 aromatic heterocycles. The van der Waals surface area contributed by atoms with Crippen molar-refractivity contribution < 1.29 is 32.9 Å². The van der Waals surface area contributed by atoms with Crippen molar-refractivity contribution in [2.24, 2.45) is 0 Å². The second-order valence-electron chi connectivity index (χ2n) is 20.6. The molecular formula is C61H111N2O6P. The molecular weight excluding hydrogens is 888 g/mol. The number of likely N-dealkylation sites (N-methyl/N-ethyl adjacent to an activating group) is 1. The Hall–Kier alpha value is -2.32. The first-order valence-electron chi connectivity index (χ1n) is 28.9. The lowest BCUT2D eigenvalue weighted by Crippen LogP contribution is -2.45. The molecule has 2 N–H and O–H groups in total. The van der Waals surface area contributed by atoms with Gasteiger partial charge in [0.05, 0.1) is 39.9 Å². The van der Waals surface area contributed by atoms with E-state index in [0.29, 0.717) is 17.4 Å². The number of unbranched alkanes of at least 4 members (excludes halogenated alkanes) is 27. The van der Waals surface area contributed by atoms with Gasteiger partial charge in [0.2, 0.25) is 5.91 Å². The van der Waals surface area contributed by atoms with E-state index in [-0.39, 0.29) is 12.5 Å². The van der Waals surface area contributed by atoms with Crippen molar-refractivity contribution in [1.82, 2.24) is 5.32 Å². The number of rotatable bonds is 52. The second-order valence-corrected chi connectivity index (χ2v) is 22.0. The summed E-state index contributed by atoms with van der Waals surface area (Å²) in [6.07, 6.45) is 72.3. The number of nitrogens with zero attached hydrogens (tertiary/aromatic N) is 1. The molecule has 3 unspecified atom stereocenters. The van der Waals surface area contributed by atoms with Crippen molar-refractivity contribution in [2.45, 2.75) is 257 Å². The number of aliphatic hydroxyl groups excluding tert-OH is 1. The lowest BCUT2D eigenvalue weighted by molar-refractivity contribution is -0.870. The van der Waals surface area contributed by atoms with Crippen LogP contribution in [0, 0.1) is 0 Å². The fourth-order valence-electron chi connectivity index (χ4n) is 8.06. The van der Waals surface area contributed by atoms with Crippen LogP contribution in [0.5, 0.6) is 0 Å².